The molecule has 0 radical (unpaired) electrons. The fourth-order valence-electron chi connectivity index (χ4n) is 9.88. The van der Waals surface area contributed by atoms with Crippen LogP contribution >= 0.6 is 23.2 Å². The topological polar surface area (TPSA) is 84.3 Å². The lowest BCUT2D eigenvalue weighted by Gasteiger charge is -2.46. The van der Waals surface area contributed by atoms with Crippen molar-refractivity contribution in [3.63, 3.8) is 0 Å². The molecule has 2 saturated carbocycles. The lowest BCUT2D eigenvalue weighted by molar-refractivity contribution is -0.155. The zero-order valence-corrected chi connectivity index (χ0v) is 28.8. The Balaban J connectivity index is 0.000000132. The molecule has 11 heteroatoms. The van der Waals surface area contributed by atoms with Crippen LogP contribution in [0.3, 0.4) is 0 Å². The number of aromatic hydroxyl groups is 1. The number of hydrogen-bond donors (Lipinski definition) is 1. The summed E-state index contributed by atoms with van der Waals surface area (Å²) < 4.78 is 35.8. The third-order valence-electron chi connectivity index (χ3n) is 11.8. The van der Waals surface area contributed by atoms with Gasteiger partial charge in [-0.1, -0.05) is 23.8 Å². The van der Waals surface area contributed by atoms with E-state index in [1.54, 1.807) is 18.4 Å². The SMILES string of the molecule is ClCCl.[C-]#[N+]C12CCC3(OCCO3)C3=COC(Cc4cc(C)ccc41)C32.[C-]#[N+]C12CCC3(OCCO3)C3=COC(Cc4cc(O)ccc41)C32. The van der Waals surface area contributed by atoms with Crippen molar-refractivity contribution in [2.45, 2.75) is 80.3 Å². The molecule has 9 nitrogen and oxygen atoms in total. The quantitative estimate of drug-likeness (QED) is 0.233. The van der Waals surface area contributed by atoms with Crippen LogP contribution in [0.1, 0.15) is 53.5 Å². The number of fused-ring (bicyclic) bond motifs is 6. The lowest BCUT2D eigenvalue weighted by atomic mass is 9.59. The van der Waals surface area contributed by atoms with Crippen molar-refractivity contribution in [2.75, 3.05) is 31.8 Å². The molecule has 4 aliphatic carbocycles. The maximum absolute atomic E-state index is 9.81. The van der Waals surface area contributed by atoms with Gasteiger partial charge in [-0.3, -0.25) is 0 Å². The summed E-state index contributed by atoms with van der Waals surface area (Å²) in [5.41, 5.74) is 6.59. The molecule has 8 aliphatic rings. The number of rotatable bonds is 0. The molecule has 4 aliphatic heterocycles. The molecule has 0 aromatic heterocycles. The zero-order valence-electron chi connectivity index (χ0n) is 27.3. The van der Waals surface area contributed by atoms with Gasteiger partial charge in [0.2, 0.25) is 0 Å². The zero-order chi connectivity index (χ0) is 34.0. The monoisotopic (exact) mass is 704 g/mol. The molecule has 2 aromatic rings. The van der Waals surface area contributed by atoms with Gasteiger partial charge in [-0.2, -0.15) is 0 Å². The first-order valence-corrected chi connectivity index (χ1v) is 17.9. The maximum atomic E-state index is 9.81. The fourth-order valence-corrected chi connectivity index (χ4v) is 9.88. The third-order valence-corrected chi connectivity index (χ3v) is 11.8. The molecule has 2 spiro atoms. The minimum Gasteiger partial charge on any atom is -0.508 e. The molecule has 6 atom stereocenters. The standard InChI is InChI=1S/C19H19NO3.C18H17NO4.CH2Cl2/c1-12-3-4-14-13(9-12)10-16-17-15(11-21-16)19(22-7-8-23-19)6-5-18(14,17)20-2;1-19-17-4-5-18(22-6-7-23-18)14-10-21-15(16(14)17)9-11-8-12(20)2-3-13(11)17;2-1-3/h3-4,9,11,16-17H,5-8,10H2,1H3;2-3,8,10,15-16,20H,4-7,9H2;1H2. The Kier molecular flexibility index (Phi) is 8.19. The number of ether oxygens (including phenoxy) is 6. The summed E-state index contributed by atoms with van der Waals surface area (Å²) in [5, 5.41) is 10.0. The van der Waals surface area contributed by atoms with E-state index in [4.69, 9.17) is 64.8 Å². The highest BCUT2D eigenvalue weighted by Crippen LogP contribution is 2.62. The first-order chi connectivity index (χ1) is 23.8. The van der Waals surface area contributed by atoms with Crippen LogP contribution in [0.25, 0.3) is 9.69 Å². The summed E-state index contributed by atoms with van der Waals surface area (Å²) >= 11 is 9.53. The Hall–Kier alpha value is -3.28. The minimum atomic E-state index is -0.692. The molecule has 2 saturated heterocycles. The van der Waals surface area contributed by atoms with Crippen LogP contribution in [-0.4, -0.2) is 60.7 Å². The summed E-state index contributed by atoms with van der Waals surface area (Å²) in [6, 6.07) is 11.8. The van der Waals surface area contributed by atoms with Crippen LogP contribution in [0, 0.1) is 31.9 Å². The van der Waals surface area contributed by atoms with Gasteiger partial charge in [-0.05, 0) is 36.2 Å². The van der Waals surface area contributed by atoms with Crippen LogP contribution in [0.5, 0.6) is 5.75 Å². The van der Waals surface area contributed by atoms with Crippen molar-refractivity contribution in [2.24, 2.45) is 11.8 Å². The summed E-state index contributed by atoms with van der Waals surface area (Å²) in [5.74, 6) is -1.09. The van der Waals surface area contributed by atoms with Gasteiger partial charge >= 0.3 is 0 Å². The van der Waals surface area contributed by atoms with E-state index < -0.39 is 22.7 Å². The Morgan fingerprint density at radius 2 is 1.16 bits per heavy atom. The van der Waals surface area contributed by atoms with E-state index in [0.717, 1.165) is 41.5 Å². The first-order valence-electron chi connectivity index (χ1n) is 16.9. The Morgan fingerprint density at radius 3 is 1.63 bits per heavy atom. The van der Waals surface area contributed by atoms with Crippen LogP contribution < -0.4 is 0 Å². The molecule has 2 aromatic carbocycles. The highest BCUT2D eigenvalue weighted by atomic mass is 35.5. The Bertz CT molecular complexity index is 1670. The molecule has 6 unspecified atom stereocenters. The number of benzene rings is 2. The number of hydrogen-bond acceptors (Lipinski definition) is 7. The molecule has 256 valence electrons. The van der Waals surface area contributed by atoms with Crippen LogP contribution in [-0.2, 0) is 52.3 Å². The van der Waals surface area contributed by atoms with Gasteiger partial charge in [-0.25, -0.2) is 13.1 Å². The van der Waals surface area contributed by atoms with Crippen LogP contribution in [0.15, 0.2) is 60.1 Å². The van der Waals surface area contributed by atoms with Gasteiger partial charge in [0, 0.05) is 60.8 Å². The van der Waals surface area contributed by atoms with Crippen molar-refractivity contribution < 1.29 is 33.5 Å². The number of alkyl halides is 2. The smallest absolute Gasteiger partial charge is 0.268 e. The summed E-state index contributed by atoms with van der Waals surface area (Å²) in [6.07, 6.45) is 7.91. The second kappa shape index (κ2) is 12.2. The summed E-state index contributed by atoms with van der Waals surface area (Å²) in [6.45, 7) is 20.5. The number of halogens is 2. The molecule has 10 rings (SSSR count). The van der Waals surface area contributed by atoms with Gasteiger partial charge in [0.1, 0.15) is 29.8 Å². The summed E-state index contributed by atoms with van der Waals surface area (Å²) in [4.78, 5) is 8.29. The molecule has 49 heavy (non-hydrogen) atoms. The van der Waals surface area contributed by atoms with Crippen molar-refractivity contribution >= 4 is 23.2 Å². The fraction of sp³-hybridized carbons (Fsp3) is 0.526. The van der Waals surface area contributed by atoms with Gasteiger partial charge in [0.15, 0.2) is 11.6 Å². The molecular formula is C38H38Cl2N2O7. The first kappa shape index (κ1) is 32.9. The van der Waals surface area contributed by atoms with Gasteiger partial charge < -0.3 is 43.2 Å². The third kappa shape index (κ3) is 4.78. The largest absolute Gasteiger partial charge is 0.508 e. The van der Waals surface area contributed by atoms with Crippen molar-refractivity contribution in [1.82, 2.24) is 0 Å². The molecule has 0 bridgehead atoms. The van der Waals surface area contributed by atoms with Gasteiger partial charge in [0.25, 0.3) is 11.1 Å². The molecule has 0 amide bonds. The number of phenols is 1. The highest BCUT2D eigenvalue weighted by molar-refractivity contribution is 6.40. The second-order valence-corrected chi connectivity index (χ2v) is 14.7. The van der Waals surface area contributed by atoms with Gasteiger partial charge in [0.05, 0.1) is 44.3 Å². The number of nitrogens with zero attached hydrogens (tertiary/aromatic N) is 2. The molecular weight excluding hydrogens is 667 g/mol. The van der Waals surface area contributed by atoms with E-state index >= 15 is 0 Å². The second-order valence-electron chi connectivity index (χ2n) is 13.9. The Morgan fingerprint density at radius 1 is 0.714 bits per heavy atom. The van der Waals surface area contributed by atoms with E-state index in [0.29, 0.717) is 45.7 Å². The van der Waals surface area contributed by atoms with Crippen LogP contribution in [0.4, 0.5) is 0 Å². The average Bonchev–Trinajstić information content (AvgIpc) is 3.93. The molecule has 4 heterocycles. The van der Waals surface area contributed by atoms with E-state index in [1.165, 1.54) is 16.7 Å². The minimum absolute atomic E-state index is 0.0263. The molecule has 4 fully saturated rings. The summed E-state index contributed by atoms with van der Waals surface area (Å²) in [7, 11) is 0. The van der Waals surface area contributed by atoms with Crippen molar-refractivity contribution in [3.05, 3.63) is 111 Å². The highest BCUT2D eigenvalue weighted by Gasteiger charge is 2.69. The van der Waals surface area contributed by atoms with Gasteiger partial charge in [-0.15, -0.1) is 23.2 Å². The number of aryl methyl sites for hydroxylation is 1. The normalized spacial score (nSPS) is 34.1. The van der Waals surface area contributed by atoms with E-state index in [-0.39, 0.29) is 35.1 Å². The van der Waals surface area contributed by atoms with Crippen molar-refractivity contribution in [1.29, 1.82) is 0 Å². The van der Waals surface area contributed by atoms with Crippen LogP contribution in [0.2, 0.25) is 0 Å². The number of phenolic OH excluding ortho intramolecular Hbond substituents is 1. The predicted octanol–water partition coefficient (Wildman–Crippen LogP) is 7.02. The lowest BCUT2D eigenvalue weighted by Crippen LogP contribution is -2.53. The van der Waals surface area contributed by atoms with Crippen molar-refractivity contribution in [3.8, 4) is 5.75 Å². The van der Waals surface area contributed by atoms with E-state index in [9.17, 15) is 5.11 Å². The molecule has 1 N–H and O–H groups in total. The Labute approximate surface area is 296 Å². The average molecular weight is 706 g/mol. The van der Waals surface area contributed by atoms with E-state index in [2.05, 4.69) is 34.8 Å². The van der Waals surface area contributed by atoms with E-state index in [1.807, 2.05) is 12.3 Å². The maximum Gasteiger partial charge on any atom is 0.268 e. The predicted molar refractivity (Wildman–Crippen MR) is 180 cm³/mol.